The van der Waals surface area contributed by atoms with E-state index in [0.29, 0.717) is 23.7 Å². The number of carbonyl (C=O) groups excluding carboxylic acids is 1. The first-order chi connectivity index (χ1) is 14.3. The van der Waals surface area contributed by atoms with Crippen LogP contribution in [0.5, 0.6) is 0 Å². The molecule has 0 fully saturated rings. The van der Waals surface area contributed by atoms with Crippen molar-refractivity contribution < 1.29 is 9.18 Å². The van der Waals surface area contributed by atoms with Crippen LogP contribution in [0.3, 0.4) is 0 Å². The van der Waals surface area contributed by atoms with Gasteiger partial charge in [0.05, 0.1) is 17.6 Å². The van der Waals surface area contributed by atoms with Crippen LogP contribution < -0.4 is 5.32 Å². The van der Waals surface area contributed by atoms with E-state index in [1.165, 1.54) is 6.07 Å². The number of hydrogen-bond donors (Lipinski definition) is 1. The van der Waals surface area contributed by atoms with Gasteiger partial charge in [0.15, 0.2) is 0 Å². The number of rotatable bonds is 8. The standard InChI is InChI=1S/C24H29ClFN3O/c1-24(2,3)23(30)27-15-8-4-5-14-22-28-20-12-6-7-13-21(20)29(22)16-17-18(25)10-9-11-19(17)26/h6-7,9-13H,4-5,8,14-16H2,1-3H3,(H,27,30). The number of imidazole rings is 1. The molecule has 0 aliphatic carbocycles. The number of para-hydroxylation sites is 2. The molecule has 0 saturated heterocycles. The Hall–Kier alpha value is -2.40. The number of aromatic nitrogens is 2. The minimum absolute atomic E-state index is 0.0751. The number of carbonyl (C=O) groups is 1. The molecule has 0 spiro atoms. The Morgan fingerprint density at radius 1 is 1.10 bits per heavy atom. The van der Waals surface area contributed by atoms with E-state index in [9.17, 15) is 9.18 Å². The second kappa shape index (κ2) is 9.61. The zero-order valence-corrected chi connectivity index (χ0v) is 18.6. The largest absolute Gasteiger partial charge is 0.356 e. The SMILES string of the molecule is CC(C)(C)C(=O)NCCCCCc1nc2ccccc2n1Cc1c(F)cccc1Cl. The highest BCUT2D eigenvalue weighted by molar-refractivity contribution is 6.31. The summed E-state index contributed by atoms with van der Waals surface area (Å²) in [6.07, 6.45) is 3.63. The van der Waals surface area contributed by atoms with Gasteiger partial charge >= 0.3 is 0 Å². The molecule has 4 nitrogen and oxygen atoms in total. The van der Waals surface area contributed by atoms with Crippen LogP contribution in [0.2, 0.25) is 5.02 Å². The van der Waals surface area contributed by atoms with Crippen LogP contribution in [0.1, 0.15) is 51.4 Å². The van der Waals surface area contributed by atoms with E-state index in [1.54, 1.807) is 12.1 Å². The van der Waals surface area contributed by atoms with Crippen LogP contribution in [0.15, 0.2) is 42.5 Å². The Balaban J connectivity index is 1.66. The lowest BCUT2D eigenvalue weighted by Gasteiger charge is -2.17. The zero-order chi connectivity index (χ0) is 21.7. The molecule has 1 N–H and O–H groups in total. The third-order valence-corrected chi connectivity index (χ3v) is 5.51. The zero-order valence-electron chi connectivity index (χ0n) is 17.8. The average Bonchev–Trinajstić information content (AvgIpc) is 3.04. The Morgan fingerprint density at radius 2 is 1.87 bits per heavy atom. The van der Waals surface area contributed by atoms with E-state index in [2.05, 4.69) is 9.88 Å². The quantitative estimate of drug-likeness (QED) is 0.463. The first kappa shape index (κ1) is 22.3. The monoisotopic (exact) mass is 429 g/mol. The van der Waals surface area contributed by atoms with Gasteiger partial charge < -0.3 is 9.88 Å². The normalized spacial score (nSPS) is 11.8. The van der Waals surface area contributed by atoms with Crippen LogP contribution in [-0.2, 0) is 17.8 Å². The van der Waals surface area contributed by atoms with E-state index < -0.39 is 0 Å². The molecule has 0 unspecified atom stereocenters. The molecular formula is C24H29ClFN3O. The van der Waals surface area contributed by atoms with Gasteiger partial charge in [0.2, 0.25) is 5.91 Å². The highest BCUT2D eigenvalue weighted by atomic mass is 35.5. The smallest absolute Gasteiger partial charge is 0.225 e. The average molecular weight is 430 g/mol. The van der Waals surface area contributed by atoms with Gasteiger partial charge in [0, 0.05) is 29.0 Å². The van der Waals surface area contributed by atoms with E-state index in [0.717, 1.165) is 42.5 Å². The molecule has 1 amide bonds. The Labute approximate surface area is 182 Å². The molecule has 30 heavy (non-hydrogen) atoms. The molecule has 0 radical (unpaired) electrons. The molecule has 0 bridgehead atoms. The van der Waals surface area contributed by atoms with E-state index in [-0.39, 0.29) is 17.1 Å². The van der Waals surface area contributed by atoms with Crippen LogP contribution >= 0.6 is 11.6 Å². The highest BCUT2D eigenvalue weighted by Gasteiger charge is 2.20. The molecule has 2 aromatic carbocycles. The van der Waals surface area contributed by atoms with Crippen LogP contribution in [0.4, 0.5) is 4.39 Å². The van der Waals surface area contributed by atoms with E-state index in [1.807, 2.05) is 45.0 Å². The Bertz CT molecular complexity index is 1000. The topological polar surface area (TPSA) is 46.9 Å². The second-order valence-electron chi connectivity index (χ2n) is 8.62. The molecule has 0 saturated carbocycles. The first-order valence-electron chi connectivity index (χ1n) is 10.4. The molecule has 160 valence electrons. The predicted molar refractivity (Wildman–Crippen MR) is 120 cm³/mol. The molecule has 3 aromatic rings. The number of fused-ring (bicyclic) bond motifs is 1. The third-order valence-electron chi connectivity index (χ3n) is 5.16. The summed E-state index contributed by atoms with van der Waals surface area (Å²) in [5, 5.41) is 3.41. The van der Waals surface area contributed by atoms with Gasteiger partial charge in [-0.15, -0.1) is 0 Å². The van der Waals surface area contributed by atoms with Crippen molar-refractivity contribution in [3.63, 3.8) is 0 Å². The van der Waals surface area contributed by atoms with Crippen molar-refractivity contribution in [2.45, 2.75) is 53.0 Å². The van der Waals surface area contributed by atoms with Crippen molar-refractivity contribution >= 4 is 28.5 Å². The van der Waals surface area contributed by atoms with Crippen molar-refractivity contribution in [1.82, 2.24) is 14.9 Å². The van der Waals surface area contributed by atoms with Crippen molar-refractivity contribution in [3.05, 3.63) is 64.7 Å². The maximum Gasteiger partial charge on any atom is 0.225 e. The summed E-state index contributed by atoms with van der Waals surface area (Å²) in [5.41, 5.74) is 1.99. The van der Waals surface area contributed by atoms with E-state index >= 15 is 0 Å². The number of aryl methyl sites for hydroxylation is 1. The summed E-state index contributed by atoms with van der Waals surface area (Å²) >= 11 is 6.26. The van der Waals surface area contributed by atoms with E-state index in [4.69, 9.17) is 16.6 Å². The molecule has 6 heteroatoms. The fourth-order valence-corrected chi connectivity index (χ4v) is 3.61. The van der Waals surface area contributed by atoms with Gasteiger partial charge in [-0.05, 0) is 37.1 Å². The first-order valence-corrected chi connectivity index (χ1v) is 10.8. The summed E-state index contributed by atoms with van der Waals surface area (Å²) in [6, 6.07) is 12.7. The summed E-state index contributed by atoms with van der Waals surface area (Å²) in [7, 11) is 0. The van der Waals surface area contributed by atoms with Gasteiger partial charge in [0.1, 0.15) is 11.6 Å². The molecule has 0 aliphatic rings. The lowest BCUT2D eigenvalue weighted by molar-refractivity contribution is -0.128. The fraction of sp³-hybridized carbons (Fsp3) is 0.417. The number of amides is 1. The summed E-state index contributed by atoms with van der Waals surface area (Å²) in [4.78, 5) is 16.7. The Kier molecular flexibility index (Phi) is 7.14. The van der Waals surface area contributed by atoms with Gasteiger partial charge in [-0.3, -0.25) is 4.79 Å². The lowest BCUT2D eigenvalue weighted by Crippen LogP contribution is -2.35. The molecule has 1 heterocycles. The van der Waals surface area contributed by atoms with Crippen molar-refractivity contribution in [3.8, 4) is 0 Å². The maximum atomic E-state index is 14.4. The van der Waals surface area contributed by atoms with Crippen LogP contribution in [0.25, 0.3) is 11.0 Å². The predicted octanol–water partition coefficient (Wildman–Crippen LogP) is 5.75. The van der Waals surface area contributed by atoms with Gasteiger partial charge in [-0.2, -0.15) is 0 Å². The van der Waals surface area contributed by atoms with Gasteiger partial charge in [-0.1, -0.05) is 57.0 Å². The minimum atomic E-state index is -0.362. The van der Waals surface area contributed by atoms with Crippen molar-refractivity contribution in [1.29, 1.82) is 0 Å². The van der Waals surface area contributed by atoms with Gasteiger partial charge in [-0.25, -0.2) is 9.37 Å². The number of benzene rings is 2. The molecule has 3 rings (SSSR count). The Morgan fingerprint density at radius 3 is 2.60 bits per heavy atom. The number of nitrogens with zero attached hydrogens (tertiary/aromatic N) is 2. The fourth-order valence-electron chi connectivity index (χ4n) is 3.39. The molecule has 0 aliphatic heterocycles. The molecule has 1 aromatic heterocycles. The van der Waals surface area contributed by atoms with Crippen molar-refractivity contribution in [2.24, 2.45) is 5.41 Å². The third kappa shape index (κ3) is 5.39. The van der Waals surface area contributed by atoms with Crippen LogP contribution in [0, 0.1) is 11.2 Å². The number of hydrogen-bond acceptors (Lipinski definition) is 2. The minimum Gasteiger partial charge on any atom is -0.356 e. The number of unbranched alkanes of at least 4 members (excludes halogenated alkanes) is 2. The number of halogens is 2. The van der Waals surface area contributed by atoms with Crippen LogP contribution in [-0.4, -0.2) is 22.0 Å². The van der Waals surface area contributed by atoms with Crippen molar-refractivity contribution in [2.75, 3.05) is 6.54 Å². The summed E-state index contributed by atoms with van der Waals surface area (Å²) < 4.78 is 16.4. The number of nitrogens with one attached hydrogen (secondary N) is 1. The lowest BCUT2D eigenvalue weighted by atomic mass is 9.96. The maximum absolute atomic E-state index is 14.4. The highest BCUT2D eigenvalue weighted by Crippen LogP contribution is 2.24. The summed E-state index contributed by atoms with van der Waals surface area (Å²) in [5.74, 6) is 0.695. The second-order valence-corrected chi connectivity index (χ2v) is 9.03. The summed E-state index contributed by atoms with van der Waals surface area (Å²) in [6.45, 7) is 6.76. The van der Waals surface area contributed by atoms with Gasteiger partial charge in [0.25, 0.3) is 0 Å². The molecular weight excluding hydrogens is 401 g/mol. The molecule has 0 atom stereocenters.